The van der Waals surface area contributed by atoms with Crippen LogP contribution in [0.2, 0.25) is 0 Å². The number of nitrogens with one attached hydrogen (secondary N) is 1. The standard InChI is InChI=1S/C22H27N3O/c1-4-8-15-11-12-16-14-25(20(26)5-2)19-10-7-6-9-17(19)21(23)22(24-3)18(16)13-15/h6-7,9-13,24H,4-5,8,14,23H2,1-3H3/b22-21-. The smallest absolute Gasteiger partial charge is 0.227 e. The summed E-state index contributed by atoms with van der Waals surface area (Å²) in [6.45, 7) is 4.62. The Balaban J connectivity index is 2.28. The molecule has 1 aliphatic heterocycles. The Morgan fingerprint density at radius 3 is 2.62 bits per heavy atom. The summed E-state index contributed by atoms with van der Waals surface area (Å²) in [5.41, 5.74) is 13.4. The second-order valence-electron chi connectivity index (χ2n) is 6.63. The lowest BCUT2D eigenvalue weighted by molar-refractivity contribution is -0.118. The lowest BCUT2D eigenvalue weighted by Gasteiger charge is -2.30. The molecule has 3 rings (SSSR count). The second-order valence-corrected chi connectivity index (χ2v) is 6.63. The number of para-hydroxylation sites is 1. The van der Waals surface area contributed by atoms with Gasteiger partial charge in [0.05, 0.1) is 23.6 Å². The monoisotopic (exact) mass is 349 g/mol. The second kappa shape index (κ2) is 7.65. The highest BCUT2D eigenvalue weighted by Crippen LogP contribution is 2.35. The van der Waals surface area contributed by atoms with Gasteiger partial charge in [-0.25, -0.2) is 0 Å². The third kappa shape index (κ3) is 3.19. The van der Waals surface area contributed by atoms with E-state index in [1.807, 2.05) is 43.1 Å². The topological polar surface area (TPSA) is 58.4 Å². The van der Waals surface area contributed by atoms with Crippen molar-refractivity contribution in [3.8, 4) is 0 Å². The van der Waals surface area contributed by atoms with Crippen molar-refractivity contribution in [2.75, 3.05) is 11.9 Å². The van der Waals surface area contributed by atoms with Gasteiger partial charge >= 0.3 is 0 Å². The van der Waals surface area contributed by atoms with Crippen LogP contribution < -0.4 is 16.0 Å². The van der Waals surface area contributed by atoms with Crippen molar-refractivity contribution in [3.63, 3.8) is 0 Å². The molecular formula is C22H27N3O. The minimum atomic E-state index is 0.0988. The molecule has 0 aliphatic carbocycles. The van der Waals surface area contributed by atoms with Gasteiger partial charge < -0.3 is 16.0 Å². The molecule has 0 fully saturated rings. The van der Waals surface area contributed by atoms with Gasteiger partial charge in [0.1, 0.15) is 0 Å². The van der Waals surface area contributed by atoms with Crippen LogP contribution in [0.25, 0.3) is 11.4 Å². The van der Waals surface area contributed by atoms with Gasteiger partial charge in [0, 0.05) is 24.6 Å². The maximum atomic E-state index is 12.7. The molecule has 2 aromatic carbocycles. The fourth-order valence-electron chi connectivity index (χ4n) is 3.59. The van der Waals surface area contributed by atoms with Crippen LogP contribution in [-0.4, -0.2) is 13.0 Å². The summed E-state index contributed by atoms with van der Waals surface area (Å²) in [4.78, 5) is 14.5. The lowest BCUT2D eigenvalue weighted by Crippen LogP contribution is -2.32. The molecule has 4 nitrogen and oxygen atoms in total. The molecule has 0 saturated carbocycles. The zero-order chi connectivity index (χ0) is 18.7. The number of fused-ring (bicyclic) bond motifs is 2. The maximum Gasteiger partial charge on any atom is 0.227 e. The molecule has 3 N–H and O–H groups in total. The predicted molar refractivity (Wildman–Crippen MR) is 108 cm³/mol. The van der Waals surface area contributed by atoms with Crippen LogP contribution in [0.5, 0.6) is 0 Å². The van der Waals surface area contributed by atoms with Gasteiger partial charge in [0.15, 0.2) is 0 Å². The summed E-state index contributed by atoms with van der Waals surface area (Å²) in [7, 11) is 1.90. The average molecular weight is 349 g/mol. The Morgan fingerprint density at radius 1 is 1.15 bits per heavy atom. The molecule has 2 aromatic rings. The molecule has 0 bridgehead atoms. The first kappa shape index (κ1) is 18.1. The van der Waals surface area contributed by atoms with Crippen LogP contribution >= 0.6 is 0 Å². The number of benzene rings is 2. The van der Waals surface area contributed by atoms with E-state index in [9.17, 15) is 4.79 Å². The largest absolute Gasteiger partial charge is 0.396 e. The van der Waals surface area contributed by atoms with Crippen LogP contribution in [-0.2, 0) is 17.8 Å². The fraction of sp³-hybridized carbons (Fsp3) is 0.318. The van der Waals surface area contributed by atoms with E-state index in [1.165, 1.54) is 5.56 Å². The summed E-state index contributed by atoms with van der Waals surface area (Å²) in [6, 6.07) is 14.4. The molecule has 0 saturated heterocycles. The molecule has 0 spiro atoms. The van der Waals surface area contributed by atoms with Crippen LogP contribution in [0.4, 0.5) is 5.69 Å². The van der Waals surface area contributed by atoms with E-state index in [-0.39, 0.29) is 5.91 Å². The van der Waals surface area contributed by atoms with Gasteiger partial charge in [0.2, 0.25) is 5.91 Å². The summed E-state index contributed by atoms with van der Waals surface area (Å²) in [5, 5.41) is 3.30. The number of carbonyl (C=O) groups is 1. The van der Waals surface area contributed by atoms with E-state index in [0.717, 1.165) is 40.9 Å². The molecule has 0 aromatic heterocycles. The van der Waals surface area contributed by atoms with Crippen LogP contribution in [0, 0.1) is 0 Å². The zero-order valence-corrected chi connectivity index (χ0v) is 15.8. The highest BCUT2D eigenvalue weighted by molar-refractivity contribution is 6.01. The zero-order valence-electron chi connectivity index (χ0n) is 15.8. The normalized spacial score (nSPS) is 16.3. The molecule has 4 heteroatoms. The SMILES string of the molecule is CCCc1ccc2c(c1)/C(NC)=C(/N)c1ccccc1N(C(=O)CC)C2. The number of anilines is 1. The van der Waals surface area contributed by atoms with Crippen LogP contribution in [0.15, 0.2) is 42.5 Å². The van der Waals surface area contributed by atoms with Crippen LogP contribution in [0.3, 0.4) is 0 Å². The number of hydrogen-bond acceptors (Lipinski definition) is 3. The summed E-state index contributed by atoms with van der Waals surface area (Å²) in [6.07, 6.45) is 2.58. The lowest BCUT2D eigenvalue weighted by atomic mass is 9.93. The quantitative estimate of drug-likeness (QED) is 0.880. The van der Waals surface area contributed by atoms with Crippen LogP contribution in [0.1, 0.15) is 48.9 Å². The minimum Gasteiger partial charge on any atom is -0.396 e. The van der Waals surface area contributed by atoms with Gasteiger partial charge in [-0.15, -0.1) is 0 Å². The Hall–Kier alpha value is -2.75. The summed E-state index contributed by atoms with van der Waals surface area (Å²) < 4.78 is 0. The molecular weight excluding hydrogens is 322 g/mol. The Morgan fingerprint density at radius 2 is 1.92 bits per heavy atom. The summed E-state index contributed by atoms with van der Waals surface area (Å²) in [5.74, 6) is 0.0988. The van der Waals surface area contributed by atoms with Gasteiger partial charge in [-0.3, -0.25) is 4.79 Å². The maximum absolute atomic E-state index is 12.7. The number of nitrogens with two attached hydrogens (primary N) is 1. The molecule has 0 radical (unpaired) electrons. The van der Waals surface area contributed by atoms with Crippen molar-refractivity contribution < 1.29 is 4.79 Å². The van der Waals surface area contributed by atoms with E-state index >= 15 is 0 Å². The number of aryl methyl sites for hydroxylation is 1. The number of nitrogens with zero attached hydrogens (tertiary/aromatic N) is 1. The third-order valence-electron chi connectivity index (χ3n) is 4.92. The molecule has 26 heavy (non-hydrogen) atoms. The van der Waals surface area contributed by atoms with E-state index < -0.39 is 0 Å². The number of rotatable bonds is 4. The first-order valence-corrected chi connectivity index (χ1v) is 9.30. The highest BCUT2D eigenvalue weighted by Gasteiger charge is 2.25. The average Bonchev–Trinajstić information content (AvgIpc) is 2.66. The Bertz CT molecular complexity index is 854. The van der Waals surface area contributed by atoms with Crippen molar-refractivity contribution in [3.05, 3.63) is 64.7 Å². The van der Waals surface area contributed by atoms with Crippen molar-refractivity contribution in [1.82, 2.24) is 5.32 Å². The van der Waals surface area contributed by atoms with Crippen molar-refractivity contribution in [2.45, 2.75) is 39.7 Å². The number of amides is 1. The molecule has 0 atom stereocenters. The summed E-state index contributed by atoms with van der Waals surface area (Å²) >= 11 is 0. The molecule has 0 unspecified atom stereocenters. The third-order valence-corrected chi connectivity index (χ3v) is 4.92. The predicted octanol–water partition coefficient (Wildman–Crippen LogP) is 3.90. The van der Waals surface area contributed by atoms with Gasteiger partial charge in [-0.05, 0) is 29.7 Å². The van der Waals surface area contributed by atoms with E-state index in [0.29, 0.717) is 18.7 Å². The molecule has 1 heterocycles. The van der Waals surface area contributed by atoms with Gasteiger partial charge in [0.25, 0.3) is 0 Å². The van der Waals surface area contributed by atoms with Crippen molar-refractivity contribution >= 4 is 23.0 Å². The van der Waals surface area contributed by atoms with E-state index in [4.69, 9.17) is 5.73 Å². The first-order chi connectivity index (χ1) is 12.6. The van der Waals surface area contributed by atoms with E-state index in [2.05, 4.69) is 30.4 Å². The molecule has 1 aliphatic rings. The molecule has 136 valence electrons. The Kier molecular flexibility index (Phi) is 5.31. The number of hydrogen-bond donors (Lipinski definition) is 2. The Labute approximate surface area is 155 Å². The first-order valence-electron chi connectivity index (χ1n) is 9.30. The number of carbonyl (C=O) groups excluding carboxylic acids is 1. The highest BCUT2D eigenvalue weighted by atomic mass is 16.2. The fourth-order valence-corrected chi connectivity index (χ4v) is 3.59. The van der Waals surface area contributed by atoms with Gasteiger partial charge in [-0.1, -0.05) is 50.6 Å². The van der Waals surface area contributed by atoms with Gasteiger partial charge in [-0.2, -0.15) is 0 Å². The van der Waals surface area contributed by atoms with Crippen molar-refractivity contribution in [1.29, 1.82) is 0 Å². The van der Waals surface area contributed by atoms with Crippen molar-refractivity contribution in [2.24, 2.45) is 5.73 Å². The molecule has 1 amide bonds. The van der Waals surface area contributed by atoms with E-state index in [1.54, 1.807) is 0 Å². The minimum absolute atomic E-state index is 0.0988.